The Morgan fingerprint density at radius 1 is 1.36 bits per heavy atom. The van der Waals surface area contributed by atoms with E-state index in [9.17, 15) is 0 Å². The summed E-state index contributed by atoms with van der Waals surface area (Å²) in [5.74, 6) is 0. The maximum atomic E-state index is 6.03. The van der Waals surface area contributed by atoms with Gasteiger partial charge < -0.3 is 5.73 Å². The lowest BCUT2D eigenvalue weighted by molar-refractivity contribution is 0.698. The molecule has 3 heteroatoms. The molecule has 0 saturated heterocycles. The van der Waals surface area contributed by atoms with Gasteiger partial charge in [0.15, 0.2) is 0 Å². The number of hydrogen-bond donors (Lipinski definition) is 1. The van der Waals surface area contributed by atoms with Crippen molar-refractivity contribution >= 4 is 11.3 Å². The van der Waals surface area contributed by atoms with Crippen molar-refractivity contribution in [3.05, 3.63) is 52.5 Å². The Bertz CT molecular complexity index is 369. The van der Waals surface area contributed by atoms with Crippen LogP contribution >= 0.6 is 11.3 Å². The topological polar surface area (TPSA) is 38.9 Å². The van der Waals surface area contributed by atoms with E-state index in [-0.39, 0.29) is 6.04 Å². The van der Waals surface area contributed by atoms with Crippen LogP contribution in [0.4, 0.5) is 0 Å². The molecule has 0 aliphatic carbocycles. The number of pyridine rings is 1. The molecule has 14 heavy (non-hydrogen) atoms. The first-order valence-corrected chi connectivity index (χ1v) is 5.48. The second-order valence-electron chi connectivity index (χ2n) is 3.20. The van der Waals surface area contributed by atoms with Crippen LogP contribution in [0.1, 0.15) is 17.3 Å². The molecule has 1 atom stereocenters. The number of thiophene rings is 1. The smallest absolute Gasteiger partial charge is 0.0574 e. The molecule has 0 aliphatic heterocycles. The van der Waals surface area contributed by atoms with E-state index in [1.807, 2.05) is 18.2 Å². The third kappa shape index (κ3) is 2.19. The zero-order chi connectivity index (χ0) is 9.80. The van der Waals surface area contributed by atoms with Gasteiger partial charge in [-0.3, -0.25) is 4.98 Å². The summed E-state index contributed by atoms with van der Waals surface area (Å²) in [6, 6.07) is 7.95. The second kappa shape index (κ2) is 4.35. The molecule has 2 heterocycles. The highest BCUT2D eigenvalue weighted by atomic mass is 32.1. The molecule has 0 saturated carbocycles. The number of rotatable bonds is 3. The maximum Gasteiger partial charge on any atom is 0.0574 e. The van der Waals surface area contributed by atoms with Crippen LogP contribution in [0.15, 0.2) is 41.2 Å². The summed E-state index contributed by atoms with van der Waals surface area (Å²) in [5.41, 5.74) is 8.27. The first-order chi connectivity index (χ1) is 6.86. The Labute approximate surface area is 87.4 Å². The van der Waals surface area contributed by atoms with Crippen LogP contribution < -0.4 is 5.73 Å². The standard InChI is InChI=1S/C11H12N2S/c12-10(7-9-4-6-14-8-9)11-3-1-2-5-13-11/h1-6,8,10H,7,12H2. The van der Waals surface area contributed by atoms with Crippen molar-refractivity contribution in [2.75, 3.05) is 0 Å². The van der Waals surface area contributed by atoms with E-state index in [4.69, 9.17) is 5.73 Å². The third-order valence-electron chi connectivity index (χ3n) is 2.10. The van der Waals surface area contributed by atoms with Crippen LogP contribution in [0.5, 0.6) is 0 Å². The summed E-state index contributed by atoms with van der Waals surface area (Å²) in [4.78, 5) is 4.24. The zero-order valence-corrected chi connectivity index (χ0v) is 8.58. The molecule has 0 amide bonds. The summed E-state index contributed by atoms with van der Waals surface area (Å²) in [7, 11) is 0. The Hall–Kier alpha value is -1.19. The predicted octanol–water partition coefficient (Wildman–Crippen LogP) is 2.39. The van der Waals surface area contributed by atoms with E-state index in [0.717, 1.165) is 12.1 Å². The van der Waals surface area contributed by atoms with Gasteiger partial charge in [0.2, 0.25) is 0 Å². The predicted molar refractivity (Wildman–Crippen MR) is 59.2 cm³/mol. The summed E-state index contributed by atoms with van der Waals surface area (Å²) in [6.07, 6.45) is 2.64. The van der Waals surface area contributed by atoms with E-state index >= 15 is 0 Å². The fraction of sp³-hybridized carbons (Fsp3) is 0.182. The molecule has 2 rings (SSSR count). The maximum absolute atomic E-state index is 6.03. The van der Waals surface area contributed by atoms with Crippen molar-refractivity contribution < 1.29 is 0 Å². The van der Waals surface area contributed by atoms with Crippen molar-refractivity contribution in [2.45, 2.75) is 12.5 Å². The highest BCUT2D eigenvalue weighted by Crippen LogP contribution is 2.15. The monoisotopic (exact) mass is 204 g/mol. The largest absolute Gasteiger partial charge is 0.322 e. The van der Waals surface area contributed by atoms with E-state index in [2.05, 4.69) is 21.8 Å². The average molecular weight is 204 g/mol. The van der Waals surface area contributed by atoms with E-state index in [0.29, 0.717) is 0 Å². The summed E-state index contributed by atoms with van der Waals surface area (Å²) in [6.45, 7) is 0. The minimum absolute atomic E-state index is 0.00537. The highest BCUT2D eigenvalue weighted by Gasteiger charge is 2.07. The van der Waals surface area contributed by atoms with Crippen LogP contribution in [0.25, 0.3) is 0 Å². The SMILES string of the molecule is NC(Cc1ccsc1)c1ccccn1. The van der Waals surface area contributed by atoms with Crippen molar-refractivity contribution in [3.8, 4) is 0 Å². The highest BCUT2D eigenvalue weighted by molar-refractivity contribution is 7.07. The van der Waals surface area contributed by atoms with Gasteiger partial charge in [-0.25, -0.2) is 0 Å². The van der Waals surface area contributed by atoms with Crippen LogP contribution in [0.2, 0.25) is 0 Å². The fourth-order valence-corrected chi connectivity index (χ4v) is 2.04. The molecule has 0 spiro atoms. The lowest BCUT2D eigenvalue weighted by atomic mass is 10.1. The van der Waals surface area contributed by atoms with E-state index < -0.39 is 0 Å². The molecule has 0 aliphatic rings. The van der Waals surface area contributed by atoms with Gasteiger partial charge >= 0.3 is 0 Å². The second-order valence-corrected chi connectivity index (χ2v) is 3.98. The van der Waals surface area contributed by atoms with Crippen LogP contribution in [0.3, 0.4) is 0 Å². The number of nitrogens with zero attached hydrogens (tertiary/aromatic N) is 1. The molecule has 0 bridgehead atoms. The van der Waals surface area contributed by atoms with Gasteiger partial charge in [-0.05, 0) is 40.9 Å². The first-order valence-electron chi connectivity index (χ1n) is 4.54. The van der Waals surface area contributed by atoms with E-state index in [1.165, 1.54) is 5.56 Å². The van der Waals surface area contributed by atoms with Crippen molar-refractivity contribution in [1.29, 1.82) is 0 Å². The molecule has 0 aromatic carbocycles. The normalized spacial score (nSPS) is 12.6. The van der Waals surface area contributed by atoms with Crippen LogP contribution in [-0.2, 0) is 6.42 Å². The summed E-state index contributed by atoms with van der Waals surface area (Å²) >= 11 is 1.70. The first kappa shape index (κ1) is 9.37. The molecule has 72 valence electrons. The molecular weight excluding hydrogens is 192 g/mol. The Kier molecular flexibility index (Phi) is 2.91. The summed E-state index contributed by atoms with van der Waals surface area (Å²) < 4.78 is 0. The number of aromatic nitrogens is 1. The Morgan fingerprint density at radius 3 is 2.93 bits per heavy atom. The zero-order valence-electron chi connectivity index (χ0n) is 7.76. The Balaban J connectivity index is 2.07. The average Bonchev–Trinajstić information content (AvgIpc) is 2.72. The number of nitrogens with two attached hydrogens (primary N) is 1. The van der Waals surface area contributed by atoms with Crippen molar-refractivity contribution in [1.82, 2.24) is 4.98 Å². The van der Waals surface area contributed by atoms with Gasteiger partial charge in [0.1, 0.15) is 0 Å². The quantitative estimate of drug-likeness (QED) is 0.833. The lowest BCUT2D eigenvalue weighted by Gasteiger charge is -2.08. The van der Waals surface area contributed by atoms with Gasteiger partial charge in [-0.2, -0.15) is 11.3 Å². The molecular formula is C11H12N2S. The third-order valence-corrected chi connectivity index (χ3v) is 2.84. The van der Waals surface area contributed by atoms with Crippen molar-refractivity contribution in [3.63, 3.8) is 0 Å². The molecule has 0 fully saturated rings. The van der Waals surface area contributed by atoms with Gasteiger partial charge in [-0.15, -0.1) is 0 Å². The summed E-state index contributed by atoms with van der Waals surface area (Å²) in [5, 5.41) is 4.20. The van der Waals surface area contributed by atoms with Crippen LogP contribution in [-0.4, -0.2) is 4.98 Å². The molecule has 2 aromatic heterocycles. The van der Waals surface area contributed by atoms with Crippen molar-refractivity contribution in [2.24, 2.45) is 5.73 Å². The molecule has 1 unspecified atom stereocenters. The Morgan fingerprint density at radius 2 is 2.29 bits per heavy atom. The van der Waals surface area contributed by atoms with Gasteiger partial charge in [0.05, 0.1) is 11.7 Å². The minimum atomic E-state index is 0.00537. The number of hydrogen-bond acceptors (Lipinski definition) is 3. The molecule has 2 N–H and O–H groups in total. The van der Waals surface area contributed by atoms with Gasteiger partial charge in [-0.1, -0.05) is 6.07 Å². The van der Waals surface area contributed by atoms with E-state index in [1.54, 1.807) is 17.5 Å². The fourth-order valence-electron chi connectivity index (χ4n) is 1.36. The van der Waals surface area contributed by atoms with Gasteiger partial charge in [0, 0.05) is 6.20 Å². The van der Waals surface area contributed by atoms with Crippen LogP contribution in [0, 0.1) is 0 Å². The molecule has 2 nitrogen and oxygen atoms in total. The molecule has 0 radical (unpaired) electrons. The minimum Gasteiger partial charge on any atom is -0.322 e. The molecule has 2 aromatic rings. The van der Waals surface area contributed by atoms with Gasteiger partial charge in [0.25, 0.3) is 0 Å². The lowest BCUT2D eigenvalue weighted by Crippen LogP contribution is -2.14.